The van der Waals surface area contributed by atoms with Crippen molar-refractivity contribution in [3.05, 3.63) is 69.7 Å². The Morgan fingerprint density at radius 2 is 1.59 bits per heavy atom. The summed E-state index contributed by atoms with van der Waals surface area (Å²) in [5, 5.41) is 0.628. The molecule has 3 rings (SSSR count). The van der Waals surface area contributed by atoms with Crippen LogP contribution in [0.25, 0.3) is 0 Å². The number of carbonyl (C=O) groups excluding carboxylic acids is 1. The first-order chi connectivity index (χ1) is 8.24. The van der Waals surface area contributed by atoms with Gasteiger partial charge >= 0.3 is 0 Å². The van der Waals surface area contributed by atoms with Crippen molar-refractivity contribution < 1.29 is 4.79 Å². The molecule has 0 saturated heterocycles. The fourth-order valence-corrected chi connectivity index (χ4v) is 2.51. The second-order valence-corrected chi connectivity index (χ2v) is 4.78. The predicted molar refractivity (Wildman–Crippen MR) is 68.7 cm³/mol. The van der Waals surface area contributed by atoms with Gasteiger partial charge in [-0.1, -0.05) is 41.9 Å². The Morgan fingerprint density at radius 3 is 2.35 bits per heavy atom. The van der Waals surface area contributed by atoms with Gasteiger partial charge in [0.15, 0.2) is 5.78 Å². The zero-order valence-corrected chi connectivity index (χ0v) is 10.00. The van der Waals surface area contributed by atoms with Crippen LogP contribution in [0, 0.1) is 0 Å². The lowest BCUT2D eigenvalue weighted by atomic mass is 10.0. The largest absolute Gasteiger partial charge is 0.294 e. The standard InChI is InChI=1S/C15H11ClO/c16-13-6-5-12-7-10-3-1-2-4-11(10)8-15(17)14(12)9-13/h1-6,9H,7-8H2. The lowest BCUT2D eigenvalue weighted by Gasteiger charge is -2.05. The van der Waals surface area contributed by atoms with E-state index in [0.717, 1.165) is 23.1 Å². The van der Waals surface area contributed by atoms with Crippen molar-refractivity contribution in [2.24, 2.45) is 0 Å². The highest BCUT2D eigenvalue weighted by molar-refractivity contribution is 6.31. The van der Waals surface area contributed by atoms with E-state index in [2.05, 4.69) is 6.07 Å². The zero-order chi connectivity index (χ0) is 11.8. The van der Waals surface area contributed by atoms with Gasteiger partial charge in [-0.2, -0.15) is 0 Å². The highest BCUT2D eigenvalue weighted by atomic mass is 35.5. The third-order valence-electron chi connectivity index (χ3n) is 3.22. The van der Waals surface area contributed by atoms with Gasteiger partial charge in [-0.3, -0.25) is 4.79 Å². The summed E-state index contributed by atoms with van der Waals surface area (Å²) in [5.74, 6) is 0.160. The Kier molecular flexibility index (Phi) is 2.49. The third kappa shape index (κ3) is 1.87. The van der Waals surface area contributed by atoms with Crippen LogP contribution >= 0.6 is 11.6 Å². The van der Waals surface area contributed by atoms with Crippen LogP contribution in [0.4, 0.5) is 0 Å². The van der Waals surface area contributed by atoms with E-state index >= 15 is 0 Å². The van der Waals surface area contributed by atoms with Crippen LogP contribution in [-0.2, 0) is 12.8 Å². The van der Waals surface area contributed by atoms with Crippen molar-refractivity contribution in [1.82, 2.24) is 0 Å². The summed E-state index contributed by atoms with van der Waals surface area (Å²) in [6.07, 6.45) is 1.29. The van der Waals surface area contributed by atoms with Crippen molar-refractivity contribution in [1.29, 1.82) is 0 Å². The number of halogens is 1. The monoisotopic (exact) mass is 242 g/mol. The molecule has 0 unspecified atom stereocenters. The number of fused-ring (bicyclic) bond motifs is 2. The van der Waals surface area contributed by atoms with E-state index in [1.165, 1.54) is 5.56 Å². The van der Waals surface area contributed by atoms with Crippen LogP contribution in [0.15, 0.2) is 42.5 Å². The van der Waals surface area contributed by atoms with Gasteiger partial charge in [0.1, 0.15) is 0 Å². The van der Waals surface area contributed by atoms with Crippen molar-refractivity contribution >= 4 is 17.4 Å². The van der Waals surface area contributed by atoms with Crippen molar-refractivity contribution in [2.45, 2.75) is 12.8 Å². The number of rotatable bonds is 0. The lowest BCUT2D eigenvalue weighted by molar-refractivity contribution is 0.0993. The molecule has 17 heavy (non-hydrogen) atoms. The van der Waals surface area contributed by atoms with E-state index < -0.39 is 0 Å². The molecule has 0 aliphatic heterocycles. The van der Waals surface area contributed by atoms with Crippen LogP contribution in [0.2, 0.25) is 5.02 Å². The Balaban J connectivity index is 2.17. The maximum atomic E-state index is 12.2. The summed E-state index contributed by atoms with van der Waals surface area (Å²) < 4.78 is 0. The van der Waals surface area contributed by atoms with Crippen molar-refractivity contribution in [2.75, 3.05) is 0 Å². The molecule has 2 aromatic rings. The van der Waals surface area contributed by atoms with E-state index in [-0.39, 0.29) is 5.78 Å². The number of hydrogen-bond acceptors (Lipinski definition) is 1. The second kappa shape index (κ2) is 4.01. The Bertz CT molecular complexity index is 602. The molecular weight excluding hydrogens is 232 g/mol. The van der Waals surface area contributed by atoms with Crippen LogP contribution in [0.3, 0.4) is 0 Å². The van der Waals surface area contributed by atoms with Crippen LogP contribution in [0.5, 0.6) is 0 Å². The number of ketones is 1. The summed E-state index contributed by atoms with van der Waals surface area (Å²) in [4.78, 5) is 12.2. The minimum atomic E-state index is 0.160. The van der Waals surface area contributed by atoms with Crippen LogP contribution < -0.4 is 0 Å². The van der Waals surface area contributed by atoms with Gasteiger partial charge in [-0.15, -0.1) is 0 Å². The predicted octanol–water partition coefficient (Wildman–Crippen LogP) is 3.67. The van der Waals surface area contributed by atoms with Crippen LogP contribution in [0.1, 0.15) is 27.0 Å². The molecule has 2 heteroatoms. The molecule has 0 N–H and O–H groups in total. The van der Waals surface area contributed by atoms with E-state index in [0.29, 0.717) is 11.4 Å². The van der Waals surface area contributed by atoms with Crippen LogP contribution in [-0.4, -0.2) is 5.78 Å². The Morgan fingerprint density at radius 1 is 0.882 bits per heavy atom. The number of benzene rings is 2. The van der Waals surface area contributed by atoms with Gasteiger partial charge in [0.25, 0.3) is 0 Å². The molecule has 1 aliphatic rings. The van der Waals surface area contributed by atoms with Gasteiger partial charge in [0.05, 0.1) is 0 Å². The fraction of sp³-hybridized carbons (Fsp3) is 0.133. The molecule has 2 aromatic carbocycles. The molecule has 0 saturated carbocycles. The number of hydrogen-bond donors (Lipinski definition) is 0. The van der Waals surface area contributed by atoms with Gasteiger partial charge in [-0.05, 0) is 35.2 Å². The topological polar surface area (TPSA) is 17.1 Å². The van der Waals surface area contributed by atoms with Gasteiger partial charge < -0.3 is 0 Å². The lowest BCUT2D eigenvalue weighted by Crippen LogP contribution is -2.03. The normalized spacial score (nSPS) is 13.8. The molecule has 0 heterocycles. The zero-order valence-electron chi connectivity index (χ0n) is 9.24. The molecule has 0 aromatic heterocycles. The maximum Gasteiger partial charge on any atom is 0.167 e. The molecular formula is C15H11ClO. The second-order valence-electron chi connectivity index (χ2n) is 4.35. The molecule has 1 aliphatic carbocycles. The van der Waals surface area contributed by atoms with Crippen molar-refractivity contribution in [3.63, 3.8) is 0 Å². The number of carbonyl (C=O) groups is 1. The van der Waals surface area contributed by atoms with E-state index in [4.69, 9.17) is 11.6 Å². The summed E-state index contributed by atoms with van der Waals surface area (Å²) in [7, 11) is 0. The molecule has 0 bridgehead atoms. The quantitative estimate of drug-likeness (QED) is 0.689. The number of Topliss-reactive ketones (excluding diaryl/α,β-unsaturated/α-hetero) is 1. The minimum Gasteiger partial charge on any atom is -0.294 e. The first kappa shape index (κ1) is 10.5. The molecule has 0 fully saturated rings. The highest BCUT2D eigenvalue weighted by Crippen LogP contribution is 2.26. The average molecular weight is 243 g/mol. The molecule has 84 valence electrons. The van der Waals surface area contributed by atoms with E-state index in [1.54, 1.807) is 6.07 Å². The molecule has 0 atom stereocenters. The first-order valence-corrected chi connectivity index (χ1v) is 6.00. The highest BCUT2D eigenvalue weighted by Gasteiger charge is 2.19. The first-order valence-electron chi connectivity index (χ1n) is 5.62. The van der Waals surface area contributed by atoms with Crippen molar-refractivity contribution in [3.8, 4) is 0 Å². The fourth-order valence-electron chi connectivity index (χ4n) is 2.34. The molecule has 0 amide bonds. The van der Waals surface area contributed by atoms with Gasteiger partial charge in [0, 0.05) is 17.0 Å². The summed E-state index contributed by atoms with van der Waals surface area (Å²) >= 11 is 5.95. The van der Waals surface area contributed by atoms with Gasteiger partial charge in [0.2, 0.25) is 0 Å². The average Bonchev–Trinajstić information content (AvgIpc) is 2.46. The van der Waals surface area contributed by atoms with E-state index in [1.807, 2.05) is 30.3 Å². The molecule has 1 nitrogen and oxygen atoms in total. The molecule has 0 radical (unpaired) electrons. The Labute approximate surface area is 105 Å². The van der Waals surface area contributed by atoms with E-state index in [9.17, 15) is 4.79 Å². The molecule has 0 spiro atoms. The third-order valence-corrected chi connectivity index (χ3v) is 3.46. The maximum absolute atomic E-state index is 12.2. The summed E-state index contributed by atoms with van der Waals surface area (Å²) in [6, 6.07) is 13.7. The van der Waals surface area contributed by atoms with Gasteiger partial charge in [-0.25, -0.2) is 0 Å². The summed E-state index contributed by atoms with van der Waals surface area (Å²) in [5.41, 5.74) is 4.21. The smallest absolute Gasteiger partial charge is 0.167 e. The Hall–Kier alpha value is -1.60. The minimum absolute atomic E-state index is 0.160. The summed E-state index contributed by atoms with van der Waals surface area (Å²) in [6.45, 7) is 0. The SMILES string of the molecule is O=C1Cc2ccccc2Cc2ccc(Cl)cc21.